The minimum atomic E-state index is -4.52. The maximum Gasteiger partial charge on any atom is 0.406 e. The molecule has 0 aromatic carbocycles. The van der Waals surface area contributed by atoms with Crippen LogP contribution < -0.4 is 5.56 Å². The van der Waals surface area contributed by atoms with E-state index in [1.54, 1.807) is 0 Å². The molecule has 1 aromatic heterocycles. The molecule has 0 radical (unpaired) electrons. The van der Waals surface area contributed by atoms with Gasteiger partial charge < -0.3 is 9.30 Å². The van der Waals surface area contributed by atoms with Crippen molar-refractivity contribution in [3.05, 3.63) is 34.2 Å². The second-order valence-electron chi connectivity index (χ2n) is 2.99. The molecule has 0 unspecified atom stereocenters. The van der Waals surface area contributed by atoms with Crippen molar-refractivity contribution in [1.82, 2.24) is 4.57 Å². The number of hydrogen-bond acceptors (Lipinski definition) is 3. The van der Waals surface area contributed by atoms with Crippen molar-refractivity contribution in [2.45, 2.75) is 12.7 Å². The highest BCUT2D eigenvalue weighted by molar-refractivity contribution is 5.88. The van der Waals surface area contributed by atoms with E-state index in [2.05, 4.69) is 4.74 Å². The van der Waals surface area contributed by atoms with Gasteiger partial charge in [0.1, 0.15) is 6.54 Å². The molecule has 0 spiro atoms. The van der Waals surface area contributed by atoms with E-state index in [0.29, 0.717) is 4.57 Å². The highest BCUT2D eigenvalue weighted by Crippen LogP contribution is 2.16. The molecule has 0 saturated heterocycles. The number of rotatable bonds is 2. The van der Waals surface area contributed by atoms with E-state index in [0.717, 1.165) is 25.4 Å². The summed E-state index contributed by atoms with van der Waals surface area (Å²) >= 11 is 0. The van der Waals surface area contributed by atoms with Crippen LogP contribution in [0.25, 0.3) is 0 Å². The summed E-state index contributed by atoms with van der Waals surface area (Å²) in [5.41, 5.74) is -0.934. The first-order valence-corrected chi connectivity index (χ1v) is 4.19. The molecule has 4 nitrogen and oxygen atoms in total. The topological polar surface area (TPSA) is 48.3 Å². The number of nitrogens with zero attached hydrogens (tertiary/aromatic N) is 1. The Morgan fingerprint density at radius 1 is 1.44 bits per heavy atom. The zero-order chi connectivity index (χ0) is 12.3. The Kier molecular flexibility index (Phi) is 3.36. The van der Waals surface area contributed by atoms with Crippen molar-refractivity contribution < 1.29 is 22.7 Å². The second kappa shape index (κ2) is 4.38. The lowest BCUT2D eigenvalue weighted by Crippen LogP contribution is -2.28. The van der Waals surface area contributed by atoms with Gasteiger partial charge in [0.25, 0.3) is 5.56 Å². The number of halogens is 3. The van der Waals surface area contributed by atoms with Crippen molar-refractivity contribution in [2.24, 2.45) is 0 Å². The summed E-state index contributed by atoms with van der Waals surface area (Å²) < 4.78 is 40.9. The number of carbonyl (C=O) groups is 1. The predicted molar refractivity (Wildman–Crippen MR) is 48.1 cm³/mol. The largest absolute Gasteiger partial charge is 0.465 e. The molecule has 0 N–H and O–H groups in total. The SMILES string of the molecule is COC(=O)c1ccc(=O)n(CC(F)(F)F)c1. The monoisotopic (exact) mass is 235 g/mol. The highest BCUT2D eigenvalue weighted by atomic mass is 19.4. The van der Waals surface area contributed by atoms with Gasteiger partial charge >= 0.3 is 12.1 Å². The van der Waals surface area contributed by atoms with Gasteiger partial charge in [0.2, 0.25) is 0 Å². The minimum absolute atomic E-state index is 0.105. The van der Waals surface area contributed by atoms with Crippen LogP contribution in [0.3, 0.4) is 0 Å². The Bertz CT molecular complexity index is 450. The number of hydrogen-bond donors (Lipinski definition) is 0. The maximum atomic E-state index is 12.1. The molecule has 0 atom stereocenters. The fraction of sp³-hybridized carbons (Fsp3) is 0.333. The standard InChI is InChI=1S/C9H8F3NO3/c1-16-8(15)6-2-3-7(14)13(4-6)5-9(10,11)12/h2-4H,5H2,1H3. The molecule has 0 fully saturated rings. The van der Waals surface area contributed by atoms with Crippen LogP contribution >= 0.6 is 0 Å². The third kappa shape index (κ3) is 3.11. The van der Waals surface area contributed by atoms with Crippen LogP contribution in [0.2, 0.25) is 0 Å². The Labute approximate surface area is 88.3 Å². The quantitative estimate of drug-likeness (QED) is 0.723. The zero-order valence-electron chi connectivity index (χ0n) is 8.25. The van der Waals surface area contributed by atoms with Crippen LogP contribution in [0.4, 0.5) is 13.2 Å². The lowest BCUT2D eigenvalue weighted by molar-refractivity contribution is -0.141. The highest BCUT2D eigenvalue weighted by Gasteiger charge is 2.28. The van der Waals surface area contributed by atoms with Gasteiger partial charge in [-0.2, -0.15) is 13.2 Å². The van der Waals surface area contributed by atoms with Crippen LogP contribution in [0.1, 0.15) is 10.4 Å². The number of aromatic nitrogens is 1. The van der Waals surface area contributed by atoms with Gasteiger partial charge in [-0.05, 0) is 6.07 Å². The second-order valence-corrected chi connectivity index (χ2v) is 2.99. The van der Waals surface area contributed by atoms with Gasteiger partial charge in [-0.1, -0.05) is 0 Å². The van der Waals surface area contributed by atoms with Crippen LogP contribution in [0.5, 0.6) is 0 Å². The number of methoxy groups -OCH3 is 1. The molecule has 0 aliphatic carbocycles. The van der Waals surface area contributed by atoms with Crippen LogP contribution in [0.15, 0.2) is 23.1 Å². The van der Waals surface area contributed by atoms with E-state index in [1.807, 2.05) is 0 Å². The van der Waals surface area contributed by atoms with E-state index in [1.165, 1.54) is 0 Å². The van der Waals surface area contributed by atoms with Gasteiger partial charge in [0, 0.05) is 12.3 Å². The molecular weight excluding hydrogens is 227 g/mol. The van der Waals surface area contributed by atoms with Crippen LogP contribution in [0, 0.1) is 0 Å². The van der Waals surface area contributed by atoms with Crippen LogP contribution in [-0.2, 0) is 11.3 Å². The maximum absolute atomic E-state index is 12.1. The van der Waals surface area contributed by atoms with Gasteiger partial charge in [0.05, 0.1) is 12.7 Å². The summed E-state index contributed by atoms with van der Waals surface area (Å²) in [6.45, 7) is -1.43. The molecule has 0 amide bonds. The number of pyridine rings is 1. The summed E-state index contributed by atoms with van der Waals surface area (Å²) in [5, 5.41) is 0. The average Bonchev–Trinajstić information content (AvgIpc) is 2.18. The smallest absolute Gasteiger partial charge is 0.406 e. The van der Waals surface area contributed by atoms with Gasteiger partial charge in [-0.15, -0.1) is 0 Å². The normalized spacial score (nSPS) is 11.2. The van der Waals surface area contributed by atoms with Crippen molar-refractivity contribution >= 4 is 5.97 Å². The predicted octanol–water partition coefficient (Wildman–Crippen LogP) is 1.20. The molecule has 1 heterocycles. The molecule has 1 rings (SSSR count). The number of ether oxygens (including phenoxy) is 1. The Hall–Kier alpha value is -1.79. The first kappa shape index (κ1) is 12.3. The average molecular weight is 235 g/mol. The fourth-order valence-corrected chi connectivity index (χ4v) is 1.09. The van der Waals surface area contributed by atoms with E-state index in [-0.39, 0.29) is 5.56 Å². The van der Waals surface area contributed by atoms with Gasteiger partial charge in [-0.25, -0.2) is 4.79 Å². The first-order chi connectivity index (χ1) is 7.33. The van der Waals surface area contributed by atoms with Crippen molar-refractivity contribution in [3.8, 4) is 0 Å². The molecule has 1 aromatic rings. The van der Waals surface area contributed by atoms with E-state index in [9.17, 15) is 22.8 Å². The third-order valence-corrected chi connectivity index (χ3v) is 1.75. The van der Waals surface area contributed by atoms with Crippen molar-refractivity contribution in [2.75, 3.05) is 7.11 Å². The van der Waals surface area contributed by atoms with E-state index >= 15 is 0 Å². The number of carbonyl (C=O) groups excluding carboxylic acids is 1. The molecule has 16 heavy (non-hydrogen) atoms. The molecule has 88 valence electrons. The summed E-state index contributed by atoms with van der Waals surface area (Å²) in [7, 11) is 1.10. The Balaban J connectivity index is 3.09. The van der Waals surface area contributed by atoms with Gasteiger partial charge in [-0.3, -0.25) is 4.79 Å². The zero-order valence-corrected chi connectivity index (χ0v) is 8.25. The lowest BCUT2D eigenvalue weighted by atomic mass is 10.3. The lowest BCUT2D eigenvalue weighted by Gasteiger charge is -2.09. The molecule has 0 bridgehead atoms. The first-order valence-electron chi connectivity index (χ1n) is 4.19. The third-order valence-electron chi connectivity index (χ3n) is 1.75. The van der Waals surface area contributed by atoms with Crippen LogP contribution in [-0.4, -0.2) is 23.8 Å². The number of alkyl halides is 3. The Morgan fingerprint density at radius 3 is 2.56 bits per heavy atom. The summed E-state index contributed by atoms with van der Waals surface area (Å²) in [4.78, 5) is 22.1. The summed E-state index contributed by atoms with van der Waals surface area (Å²) in [6.07, 6.45) is -3.69. The fourth-order valence-electron chi connectivity index (χ4n) is 1.09. The van der Waals surface area contributed by atoms with Crippen molar-refractivity contribution in [1.29, 1.82) is 0 Å². The summed E-state index contributed by atoms with van der Waals surface area (Å²) in [6, 6.07) is 2.00. The summed E-state index contributed by atoms with van der Waals surface area (Å²) in [5.74, 6) is -0.795. The molecule has 0 aliphatic rings. The van der Waals surface area contributed by atoms with Gasteiger partial charge in [0.15, 0.2) is 0 Å². The molecule has 0 saturated carbocycles. The molecular formula is C9H8F3NO3. The minimum Gasteiger partial charge on any atom is -0.465 e. The Morgan fingerprint density at radius 2 is 2.06 bits per heavy atom. The number of esters is 1. The van der Waals surface area contributed by atoms with E-state index < -0.39 is 24.2 Å². The molecule has 7 heteroatoms. The van der Waals surface area contributed by atoms with Crippen molar-refractivity contribution in [3.63, 3.8) is 0 Å². The van der Waals surface area contributed by atoms with E-state index in [4.69, 9.17) is 0 Å². The molecule has 0 aliphatic heterocycles.